The number of methoxy groups -OCH3 is 1. The van der Waals surface area contributed by atoms with Crippen molar-refractivity contribution in [2.45, 2.75) is 128 Å². The van der Waals surface area contributed by atoms with Gasteiger partial charge in [-0.15, -0.1) is 11.3 Å². The molecule has 2 aromatic carbocycles. The van der Waals surface area contributed by atoms with Crippen LogP contribution in [0.3, 0.4) is 0 Å². The first-order valence-corrected chi connectivity index (χ1v) is 23.5. The number of nitrogens with zero attached hydrogens (tertiary/aromatic N) is 3. The summed E-state index contributed by atoms with van der Waals surface area (Å²) >= 11 is 1.45. The molecule has 2 aliphatic carbocycles. The highest BCUT2D eigenvalue weighted by Crippen LogP contribution is 2.48. The maximum absolute atomic E-state index is 15.0. The zero-order chi connectivity index (χ0) is 46.0. The minimum atomic E-state index is -4.56. The monoisotopic (exact) mass is 912 g/mol. The number of carbonyl (C=O) groups excluding carboxylic acids is 3. The number of carbonyl (C=O) groups is 3. The first-order chi connectivity index (χ1) is 29.4. The summed E-state index contributed by atoms with van der Waals surface area (Å²) < 4.78 is 80.3. The number of aryl methyl sites for hydroxylation is 1. The molecule has 18 heteroatoms. The van der Waals surface area contributed by atoms with Gasteiger partial charge in [-0.3, -0.25) is 19.1 Å². The van der Waals surface area contributed by atoms with Gasteiger partial charge in [0, 0.05) is 34.5 Å². The third-order valence-electron chi connectivity index (χ3n) is 12.7. The van der Waals surface area contributed by atoms with Crippen molar-refractivity contribution < 1.29 is 45.4 Å². The molecule has 0 radical (unpaired) electrons. The second-order valence-electron chi connectivity index (χ2n) is 18.7. The summed E-state index contributed by atoms with van der Waals surface area (Å²) in [5, 5.41) is 9.33. The average molecular weight is 913 g/mol. The largest absolute Gasteiger partial charge is 0.496 e. The Morgan fingerprint density at radius 1 is 1.03 bits per heavy atom. The number of thiazole rings is 1. The van der Waals surface area contributed by atoms with Crippen molar-refractivity contribution >= 4 is 55.7 Å². The Hall–Kier alpha value is -4.97. The Balaban J connectivity index is 1.25. The van der Waals surface area contributed by atoms with Crippen molar-refractivity contribution in [1.82, 2.24) is 24.9 Å². The van der Waals surface area contributed by atoms with E-state index in [0.29, 0.717) is 52.4 Å². The molecule has 63 heavy (non-hydrogen) atoms. The molecule has 2 saturated carbocycles. The Morgan fingerprint density at radius 3 is 2.27 bits per heavy atom. The standard InChI is InChI=1S/C45H55F3N6O7S2/c1-10-26-21-44(26,41(57)53-63(58,59)43(8)17-18-43)52-38(55)33-19-29(22-54(33)40(56)37(42(5,6)7)49-28-13-11-27(12-14-28)45(46,47)48)61-35-20-31(39-51-32(23-62-39)24(2)3)50-36-25(4)34(60-9)16-15-30(35)36/h11-16,20,23-24,26,29,33,37,49H,10,17-19,21-22H2,1-9H3,(H,52,55)(H,53,57)/t26-,29-,33+,37-,44-/m1/s1. The molecule has 0 bridgehead atoms. The van der Waals surface area contributed by atoms with Gasteiger partial charge in [0.25, 0.3) is 5.91 Å². The average Bonchev–Trinajstić information content (AvgIpc) is 4.00. The molecule has 4 aromatic rings. The van der Waals surface area contributed by atoms with E-state index in [2.05, 4.69) is 29.2 Å². The van der Waals surface area contributed by atoms with E-state index in [1.165, 1.54) is 28.4 Å². The van der Waals surface area contributed by atoms with Crippen LogP contribution in [0.4, 0.5) is 18.9 Å². The number of alkyl halides is 3. The SMILES string of the molecule is CC[C@@H]1C[C@]1(NC(=O)[C@@H]1C[C@@H](Oc2cc(-c3nc(C(C)C)cs3)nc3c(C)c(OC)ccc23)CN1C(=O)[C@@H](Nc1ccc(C(F)(F)F)cc1)C(C)(C)C)C(=O)NS(=O)(=O)C1(C)CC1. The zero-order valence-electron chi connectivity index (χ0n) is 36.9. The maximum Gasteiger partial charge on any atom is 0.416 e. The molecule has 0 unspecified atom stereocenters. The highest BCUT2D eigenvalue weighted by atomic mass is 32.2. The van der Waals surface area contributed by atoms with Crippen LogP contribution in [0.2, 0.25) is 0 Å². The summed E-state index contributed by atoms with van der Waals surface area (Å²) in [6.07, 6.45) is -3.84. The van der Waals surface area contributed by atoms with E-state index in [1.807, 2.05) is 31.4 Å². The van der Waals surface area contributed by atoms with Crippen LogP contribution in [0, 0.1) is 18.3 Å². The van der Waals surface area contributed by atoms with E-state index in [4.69, 9.17) is 19.4 Å². The summed E-state index contributed by atoms with van der Waals surface area (Å²) in [5.74, 6) is -1.13. The van der Waals surface area contributed by atoms with Crippen LogP contribution in [0.25, 0.3) is 21.6 Å². The molecule has 7 rings (SSSR count). The number of hydrogen-bond acceptors (Lipinski definition) is 11. The number of sulfonamides is 1. The fourth-order valence-corrected chi connectivity index (χ4v) is 10.4. The number of rotatable bonds is 14. The van der Waals surface area contributed by atoms with Crippen molar-refractivity contribution in [2.24, 2.45) is 11.3 Å². The number of aromatic nitrogens is 2. The highest BCUT2D eigenvalue weighted by molar-refractivity contribution is 7.91. The van der Waals surface area contributed by atoms with Gasteiger partial charge < -0.3 is 25.0 Å². The lowest BCUT2D eigenvalue weighted by Crippen LogP contribution is -2.59. The second-order valence-corrected chi connectivity index (χ2v) is 21.7. The Bertz CT molecular complexity index is 2540. The lowest BCUT2D eigenvalue weighted by molar-refractivity contribution is -0.141. The molecular weight excluding hydrogens is 858 g/mol. The van der Waals surface area contributed by atoms with E-state index >= 15 is 0 Å². The van der Waals surface area contributed by atoms with Crippen LogP contribution in [0.5, 0.6) is 11.5 Å². The topological polar surface area (TPSA) is 169 Å². The Kier molecular flexibility index (Phi) is 12.1. The number of ether oxygens (including phenoxy) is 2. The van der Waals surface area contributed by atoms with E-state index in [9.17, 15) is 36.0 Å². The molecule has 3 amide bonds. The first kappa shape index (κ1) is 46.0. The van der Waals surface area contributed by atoms with E-state index in [-0.39, 0.29) is 36.9 Å². The van der Waals surface area contributed by atoms with Crippen molar-refractivity contribution in [3.8, 4) is 22.2 Å². The van der Waals surface area contributed by atoms with Gasteiger partial charge in [-0.2, -0.15) is 13.2 Å². The Morgan fingerprint density at radius 2 is 1.71 bits per heavy atom. The van der Waals surface area contributed by atoms with Crippen LogP contribution in [0.15, 0.2) is 47.8 Å². The summed E-state index contributed by atoms with van der Waals surface area (Å²) in [5.41, 5.74) is -0.0878. The quantitative estimate of drug-likeness (QED) is 0.113. The Labute approximate surface area is 370 Å². The molecular formula is C45H55F3N6O7S2. The molecule has 3 heterocycles. The van der Waals surface area contributed by atoms with Crippen LogP contribution in [0.1, 0.15) is 103 Å². The summed E-state index contributed by atoms with van der Waals surface area (Å²) in [4.78, 5) is 54.7. The van der Waals surface area contributed by atoms with Crippen molar-refractivity contribution in [3.63, 3.8) is 0 Å². The van der Waals surface area contributed by atoms with Crippen molar-refractivity contribution in [1.29, 1.82) is 0 Å². The molecule has 13 nitrogen and oxygen atoms in total. The number of halogens is 3. The van der Waals surface area contributed by atoms with Gasteiger partial charge in [0.05, 0.1) is 35.2 Å². The summed E-state index contributed by atoms with van der Waals surface area (Å²) in [6, 6.07) is 7.55. The van der Waals surface area contributed by atoms with Gasteiger partial charge in [-0.05, 0) is 86.8 Å². The lowest BCUT2D eigenvalue weighted by atomic mass is 9.85. The van der Waals surface area contributed by atoms with Gasteiger partial charge in [0.1, 0.15) is 45.9 Å². The molecule has 340 valence electrons. The maximum atomic E-state index is 15.0. The normalized spacial score (nSPS) is 22.4. The van der Waals surface area contributed by atoms with Gasteiger partial charge >= 0.3 is 6.18 Å². The minimum Gasteiger partial charge on any atom is -0.496 e. The van der Waals surface area contributed by atoms with Gasteiger partial charge in [-0.25, -0.2) is 18.4 Å². The molecule has 1 saturated heterocycles. The van der Waals surface area contributed by atoms with Crippen LogP contribution in [-0.4, -0.2) is 83.1 Å². The van der Waals surface area contributed by atoms with Crippen molar-refractivity contribution in [2.75, 3.05) is 19.0 Å². The van der Waals surface area contributed by atoms with Crippen molar-refractivity contribution in [3.05, 3.63) is 64.7 Å². The number of pyridine rings is 1. The minimum absolute atomic E-state index is 0.0113. The van der Waals surface area contributed by atoms with E-state index < -0.39 is 73.4 Å². The number of hydrogen-bond donors (Lipinski definition) is 3. The lowest BCUT2D eigenvalue weighted by Gasteiger charge is -2.36. The summed E-state index contributed by atoms with van der Waals surface area (Å²) in [6.45, 7) is 14.7. The molecule has 3 aliphatic rings. The first-order valence-electron chi connectivity index (χ1n) is 21.1. The predicted octanol–water partition coefficient (Wildman–Crippen LogP) is 7.98. The van der Waals surface area contributed by atoms with Crippen LogP contribution < -0.4 is 24.8 Å². The molecule has 0 spiro atoms. The summed E-state index contributed by atoms with van der Waals surface area (Å²) in [7, 11) is -2.45. The van der Waals surface area contributed by atoms with Crippen LogP contribution in [-0.2, 0) is 30.6 Å². The zero-order valence-corrected chi connectivity index (χ0v) is 38.5. The molecule has 3 fully saturated rings. The number of anilines is 1. The number of nitrogens with one attached hydrogen (secondary N) is 3. The second kappa shape index (κ2) is 16.5. The fourth-order valence-electron chi connectivity index (χ4n) is 8.16. The van der Waals surface area contributed by atoms with Gasteiger partial charge in [0.2, 0.25) is 21.8 Å². The predicted molar refractivity (Wildman–Crippen MR) is 235 cm³/mol. The van der Waals surface area contributed by atoms with E-state index in [0.717, 1.165) is 23.4 Å². The molecule has 2 aromatic heterocycles. The third kappa shape index (κ3) is 9.06. The fraction of sp³-hybridized carbons (Fsp3) is 0.533. The number of benzene rings is 2. The molecule has 3 N–H and O–H groups in total. The van der Waals surface area contributed by atoms with E-state index in [1.54, 1.807) is 40.9 Å². The van der Waals surface area contributed by atoms with Gasteiger partial charge in [-0.1, -0.05) is 48.0 Å². The smallest absolute Gasteiger partial charge is 0.416 e. The molecule has 1 aliphatic heterocycles. The van der Waals surface area contributed by atoms with Crippen LogP contribution >= 0.6 is 11.3 Å². The highest BCUT2D eigenvalue weighted by Gasteiger charge is 2.63. The number of likely N-dealkylation sites (tertiary alicyclic amines) is 1. The third-order valence-corrected chi connectivity index (χ3v) is 15.7. The number of amides is 3. The van der Waals surface area contributed by atoms with Gasteiger partial charge in [0.15, 0.2) is 0 Å². The number of fused-ring (bicyclic) bond motifs is 1. The molecule has 5 atom stereocenters.